The maximum atomic E-state index is 14.3. The number of carbonyl (C=O) groups is 3. The first-order valence-electron chi connectivity index (χ1n) is 14.6. The van der Waals surface area contributed by atoms with Crippen LogP contribution in [0.25, 0.3) is 0 Å². The van der Waals surface area contributed by atoms with Gasteiger partial charge in [0.2, 0.25) is 5.91 Å². The van der Waals surface area contributed by atoms with Crippen LogP contribution < -0.4 is 5.32 Å². The van der Waals surface area contributed by atoms with Crippen LogP contribution in [-0.4, -0.2) is 29.2 Å². The van der Waals surface area contributed by atoms with Crippen molar-refractivity contribution in [2.75, 3.05) is 0 Å². The number of allylic oxidation sites excluding steroid dienone is 4. The number of nitrogens with zero attached hydrogens (tertiary/aromatic N) is 1. The number of alkyl halides is 3. The molecular weight excluding hydrogens is 517 g/mol. The Hall–Kier alpha value is -2.43. The minimum absolute atomic E-state index is 0.0117. The molecule has 0 saturated heterocycles. The fraction of sp³-hybridized carbons (Fsp3) is 0.750. The predicted molar refractivity (Wildman–Crippen MR) is 143 cm³/mol. The summed E-state index contributed by atoms with van der Waals surface area (Å²) in [4.78, 5) is 39.9. The van der Waals surface area contributed by atoms with E-state index in [2.05, 4.69) is 46.0 Å². The number of amides is 1. The summed E-state index contributed by atoms with van der Waals surface area (Å²) < 4.78 is 39.4. The number of fused-ring (bicyclic) bond motifs is 7. The molecule has 3 saturated carbocycles. The Morgan fingerprint density at radius 2 is 1.70 bits per heavy atom. The quantitative estimate of drug-likeness (QED) is 0.412. The number of ketones is 2. The standard InChI is InChI=1S/C32H41F3N2O3/c1-18-20-7-8-29(5)23(28(20,4)14-19(17-36)26(18)40)13-22(38)25-21-15-27(2,3)9-11-31(21,12-10-30(25,29)6)37-24(39)16-32(33,34)35/h13-14,18,20-21,25H,7-12,15-16H2,1-6H3,(H,37,39). The van der Waals surface area contributed by atoms with Crippen molar-refractivity contribution in [2.45, 2.75) is 105 Å². The molecule has 5 rings (SSSR count). The molecule has 0 radical (unpaired) electrons. The molecule has 5 aliphatic carbocycles. The summed E-state index contributed by atoms with van der Waals surface area (Å²) in [5, 5.41) is 12.6. The molecule has 0 bridgehead atoms. The first kappa shape index (κ1) is 29.1. The van der Waals surface area contributed by atoms with Gasteiger partial charge >= 0.3 is 6.18 Å². The molecule has 3 fully saturated rings. The lowest BCUT2D eigenvalue weighted by molar-refractivity contribution is -0.169. The summed E-state index contributed by atoms with van der Waals surface area (Å²) in [7, 11) is 0. The van der Waals surface area contributed by atoms with Crippen LogP contribution in [0.1, 0.15) is 92.9 Å². The number of nitrogens with one attached hydrogen (secondary N) is 1. The van der Waals surface area contributed by atoms with Gasteiger partial charge in [-0.2, -0.15) is 18.4 Å². The van der Waals surface area contributed by atoms with Crippen LogP contribution in [0.2, 0.25) is 0 Å². The second kappa shape index (κ2) is 8.79. The van der Waals surface area contributed by atoms with Crippen molar-refractivity contribution in [3.05, 3.63) is 23.3 Å². The Labute approximate surface area is 235 Å². The molecular formula is C32H41F3N2O3. The molecule has 40 heavy (non-hydrogen) atoms. The van der Waals surface area contributed by atoms with Gasteiger partial charge in [0.25, 0.3) is 0 Å². The first-order chi connectivity index (χ1) is 18.3. The van der Waals surface area contributed by atoms with Gasteiger partial charge in [-0.15, -0.1) is 0 Å². The third kappa shape index (κ3) is 4.04. The smallest absolute Gasteiger partial charge is 0.350 e. The highest BCUT2D eigenvalue weighted by atomic mass is 19.4. The van der Waals surface area contributed by atoms with Gasteiger partial charge in [-0.25, -0.2) is 0 Å². The van der Waals surface area contributed by atoms with Crippen molar-refractivity contribution in [3.63, 3.8) is 0 Å². The summed E-state index contributed by atoms with van der Waals surface area (Å²) >= 11 is 0. The molecule has 218 valence electrons. The highest BCUT2D eigenvalue weighted by Gasteiger charge is 2.69. The van der Waals surface area contributed by atoms with Crippen molar-refractivity contribution < 1.29 is 27.6 Å². The third-order valence-corrected chi connectivity index (χ3v) is 12.3. The van der Waals surface area contributed by atoms with E-state index >= 15 is 0 Å². The van der Waals surface area contributed by atoms with Crippen LogP contribution in [0.4, 0.5) is 13.2 Å². The number of halogens is 3. The van der Waals surface area contributed by atoms with E-state index in [4.69, 9.17) is 0 Å². The van der Waals surface area contributed by atoms with Gasteiger partial charge < -0.3 is 5.32 Å². The van der Waals surface area contributed by atoms with Crippen molar-refractivity contribution in [1.82, 2.24) is 5.32 Å². The lowest BCUT2D eigenvalue weighted by Crippen LogP contribution is -2.69. The van der Waals surface area contributed by atoms with Crippen molar-refractivity contribution in [1.29, 1.82) is 5.26 Å². The molecule has 8 atom stereocenters. The highest BCUT2D eigenvalue weighted by Crippen LogP contribution is 2.72. The molecule has 0 spiro atoms. The zero-order chi connectivity index (χ0) is 29.7. The minimum atomic E-state index is -4.60. The van der Waals surface area contributed by atoms with Gasteiger partial charge in [-0.1, -0.05) is 53.2 Å². The second-order valence-electron chi connectivity index (χ2n) is 14.9. The van der Waals surface area contributed by atoms with Gasteiger partial charge in [0.05, 0.1) is 5.57 Å². The fourth-order valence-corrected chi connectivity index (χ4v) is 9.98. The van der Waals surface area contributed by atoms with E-state index < -0.39 is 46.2 Å². The van der Waals surface area contributed by atoms with Crippen LogP contribution in [0.5, 0.6) is 0 Å². The van der Waals surface area contributed by atoms with E-state index in [1.54, 1.807) is 12.2 Å². The second-order valence-corrected chi connectivity index (χ2v) is 14.9. The molecule has 0 aromatic rings. The van der Waals surface area contributed by atoms with Gasteiger partial charge in [-0.05, 0) is 79.1 Å². The normalized spacial score (nSPS) is 44.1. The monoisotopic (exact) mass is 558 g/mol. The molecule has 8 heteroatoms. The maximum absolute atomic E-state index is 14.3. The van der Waals surface area contributed by atoms with Crippen molar-refractivity contribution >= 4 is 17.5 Å². The SMILES string of the molecule is CC1C(=O)C(C#N)=CC2(C)C3=CC(=O)C4C5CC(C)(C)CCC5(NC(=O)CC(F)(F)F)CCC4(C)C3(C)CCC12. The Bertz CT molecular complexity index is 1270. The summed E-state index contributed by atoms with van der Waals surface area (Å²) in [6.45, 7) is 12.6. The number of Topliss-reactive ketones (excluding diaryl/α,β-unsaturated/α-hetero) is 1. The van der Waals surface area contributed by atoms with Gasteiger partial charge in [-0.3, -0.25) is 14.4 Å². The van der Waals surface area contributed by atoms with E-state index in [0.29, 0.717) is 25.7 Å². The number of hydrogen-bond acceptors (Lipinski definition) is 4. The zero-order valence-electron chi connectivity index (χ0n) is 24.4. The lowest BCUT2D eigenvalue weighted by Gasteiger charge is -2.68. The Balaban J connectivity index is 1.62. The molecule has 5 aliphatic rings. The predicted octanol–water partition coefficient (Wildman–Crippen LogP) is 6.64. The third-order valence-electron chi connectivity index (χ3n) is 12.3. The summed E-state index contributed by atoms with van der Waals surface area (Å²) in [5.74, 6) is -2.25. The van der Waals surface area contributed by atoms with Crippen LogP contribution in [0, 0.1) is 56.7 Å². The summed E-state index contributed by atoms with van der Waals surface area (Å²) in [5.41, 5.74) is -1.33. The molecule has 0 heterocycles. The average molecular weight is 559 g/mol. The Kier molecular flexibility index (Phi) is 6.39. The Morgan fingerprint density at radius 1 is 1.05 bits per heavy atom. The maximum Gasteiger partial charge on any atom is 0.397 e. The van der Waals surface area contributed by atoms with Crippen LogP contribution in [0.3, 0.4) is 0 Å². The van der Waals surface area contributed by atoms with E-state index in [9.17, 15) is 32.8 Å². The zero-order valence-corrected chi connectivity index (χ0v) is 24.4. The molecule has 1 N–H and O–H groups in total. The average Bonchev–Trinajstić information content (AvgIpc) is 2.82. The minimum Gasteiger partial charge on any atom is -0.350 e. The highest BCUT2D eigenvalue weighted by molar-refractivity contribution is 6.02. The van der Waals surface area contributed by atoms with Gasteiger partial charge in [0.15, 0.2) is 11.6 Å². The van der Waals surface area contributed by atoms with Crippen LogP contribution in [0.15, 0.2) is 23.3 Å². The molecule has 1 amide bonds. The topological polar surface area (TPSA) is 87.0 Å². The number of rotatable bonds is 2. The van der Waals surface area contributed by atoms with Crippen LogP contribution >= 0.6 is 0 Å². The summed E-state index contributed by atoms with van der Waals surface area (Å²) in [6.07, 6.45) is 2.11. The van der Waals surface area contributed by atoms with Gasteiger partial charge in [0.1, 0.15) is 12.5 Å². The molecule has 0 aromatic heterocycles. The van der Waals surface area contributed by atoms with E-state index in [0.717, 1.165) is 24.8 Å². The van der Waals surface area contributed by atoms with Crippen LogP contribution in [-0.2, 0) is 14.4 Å². The van der Waals surface area contributed by atoms with E-state index in [1.165, 1.54) is 0 Å². The van der Waals surface area contributed by atoms with E-state index in [1.807, 2.05) is 6.92 Å². The fourth-order valence-electron chi connectivity index (χ4n) is 9.98. The Morgan fingerprint density at radius 3 is 2.33 bits per heavy atom. The van der Waals surface area contributed by atoms with Crippen molar-refractivity contribution in [3.8, 4) is 6.07 Å². The van der Waals surface area contributed by atoms with Gasteiger partial charge in [0, 0.05) is 22.8 Å². The number of nitriles is 1. The number of hydrogen-bond donors (Lipinski definition) is 1. The number of carbonyl (C=O) groups excluding carboxylic acids is 3. The molecule has 0 aliphatic heterocycles. The largest absolute Gasteiger partial charge is 0.397 e. The molecule has 5 nitrogen and oxygen atoms in total. The van der Waals surface area contributed by atoms with Crippen molar-refractivity contribution in [2.24, 2.45) is 45.3 Å². The summed E-state index contributed by atoms with van der Waals surface area (Å²) in [6, 6.07) is 2.09. The van der Waals surface area contributed by atoms with E-state index in [-0.39, 0.29) is 40.3 Å². The lowest BCUT2D eigenvalue weighted by atomic mass is 9.36. The first-order valence-corrected chi connectivity index (χ1v) is 14.6. The molecule has 0 aromatic carbocycles. The molecule has 8 unspecified atom stereocenters.